The fourth-order valence-electron chi connectivity index (χ4n) is 3.23. The highest BCUT2D eigenvalue weighted by molar-refractivity contribution is 6.12. The molecule has 0 aromatic heterocycles. The molecule has 2 N–H and O–H groups in total. The molecule has 116 valence electrons. The van der Waals surface area contributed by atoms with Crippen LogP contribution in [0.1, 0.15) is 36.3 Å². The zero-order valence-corrected chi connectivity index (χ0v) is 12.9. The minimum Gasteiger partial charge on any atom is -0.339 e. The van der Waals surface area contributed by atoms with Crippen molar-refractivity contribution in [2.75, 3.05) is 19.6 Å². The Labute approximate surface area is 131 Å². The first-order valence-electron chi connectivity index (χ1n) is 8.06. The number of rotatable bonds is 3. The molecule has 0 aliphatic carbocycles. The predicted octanol–water partition coefficient (Wildman–Crippen LogP) is 2.25. The van der Waals surface area contributed by atoms with Gasteiger partial charge in [-0.3, -0.25) is 9.79 Å². The first-order valence-corrected chi connectivity index (χ1v) is 8.06. The van der Waals surface area contributed by atoms with Gasteiger partial charge in [-0.05, 0) is 36.3 Å². The zero-order chi connectivity index (χ0) is 15.4. The van der Waals surface area contributed by atoms with E-state index in [4.69, 9.17) is 5.73 Å². The molecule has 4 nitrogen and oxygen atoms in total. The summed E-state index contributed by atoms with van der Waals surface area (Å²) in [4.78, 5) is 18.6. The van der Waals surface area contributed by atoms with E-state index in [1.54, 1.807) is 6.21 Å². The molecular formula is C18H23N3O. The first kappa shape index (κ1) is 15.0. The molecule has 0 radical (unpaired) electrons. The average molecular weight is 297 g/mol. The van der Waals surface area contributed by atoms with Crippen LogP contribution in [0.15, 0.2) is 40.9 Å². The Morgan fingerprint density at radius 3 is 2.82 bits per heavy atom. The van der Waals surface area contributed by atoms with E-state index in [0.29, 0.717) is 12.5 Å². The molecule has 1 saturated heterocycles. The molecule has 2 heterocycles. The van der Waals surface area contributed by atoms with Crippen molar-refractivity contribution >= 4 is 12.1 Å². The average Bonchev–Trinajstić information content (AvgIpc) is 2.62. The third-order valence-corrected chi connectivity index (χ3v) is 4.54. The van der Waals surface area contributed by atoms with Crippen LogP contribution in [0, 0.1) is 0 Å². The molecule has 2 aliphatic rings. The number of nitrogens with two attached hydrogens (primary N) is 1. The number of likely N-dealkylation sites (tertiary alicyclic amines) is 1. The third kappa shape index (κ3) is 3.28. The van der Waals surface area contributed by atoms with E-state index in [9.17, 15) is 4.79 Å². The first-order chi connectivity index (χ1) is 10.8. The molecule has 1 fully saturated rings. The number of amides is 1. The molecule has 1 aromatic carbocycles. The van der Waals surface area contributed by atoms with E-state index in [1.807, 2.05) is 11.0 Å². The second kappa shape index (κ2) is 6.88. The van der Waals surface area contributed by atoms with Gasteiger partial charge in [0.05, 0.1) is 5.57 Å². The maximum atomic E-state index is 12.4. The molecule has 0 unspecified atom stereocenters. The maximum Gasteiger partial charge on any atom is 0.255 e. The number of dihydropyridines is 1. The highest BCUT2D eigenvalue weighted by Gasteiger charge is 2.25. The van der Waals surface area contributed by atoms with Gasteiger partial charge in [-0.2, -0.15) is 0 Å². The van der Waals surface area contributed by atoms with E-state index in [-0.39, 0.29) is 5.91 Å². The SMILES string of the molecule is NCc1cccc(C2CCN(C(=O)C3=CCCN=C3)CC2)c1. The second-order valence-corrected chi connectivity index (χ2v) is 6.00. The summed E-state index contributed by atoms with van der Waals surface area (Å²) in [5.74, 6) is 0.669. The summed E-state index contributed by atoms with van der Waals surface area (Å²) >= 11 is 0. The summed E-state index contributed by atoms with van der Waals surface area (Å²) in [6, 6.07) is 8.53. The van der Waals surface area contributed by atoms with Crippen LogP contribution < -0.4 is 5.73 Å². The molecule has 0 bridgehead atoms. The molecule has 0 spiro atoms. The lowest BCUT2D eigenvalue weighted by Gasteiger charge is -2.32. The van der Waals surface area contributed by atoms with Gasteiger partial charge in [0.2, 0.25) is 0 Å². The molecule has 1 amide bonds. The van der Waals surface area contributed by atoms with Crippen LogP contribution in [0.4, 0.5) is 0 Å². The highest BCUT2D eigenvalue weighted by Crippen LogP contribution is 2.29. The topological polar surface area (TPSA) is 58.7 Å². The minimum atomic E-state index is 0.137. The van der Waals surface area contributed by atoms with E-state index < -0.39 is 0 Å². The molecule has 3 rings (SSSR count). The molecule has 0 saturated carbocycles. The summed E-state index contributed by atoms with van der Waals surface area (Å²) in [5, 5.41) is 0. The lowest BCUT2D eigenvalue weighted by atomic mass is 9.88. The number of benzene rings is 1. The number of hydrogen-bond donors (Lipinski definition) is 1. The van der Waals surface area contributed by atoms with Gasteiger partial charge in [-0.1, -0.05) is 30.3 Å². The normalized spacial score (nSPS) is 19.1. The summed E-state index contributed by atoms with van der Waals surface area (Å²) in [6.45, 7) is 3.03. The Morgan fingerprint density at radius 1 is 1.32 bits per heavy atom. The van der Waals surface area contributed by atoms with Crippen molar-refractivity contribution in [3.63, 3.8) is 0 Å². The zero-order valence-electron chi connectivity index (χ0n) is 12.9. The quantitative estimate of drug-likeness (QED) is 0.930. The molecule has 0 atom stereocenters. The fraction of sp³-hybridized carbons (Fsp3) is 0.444. The smallest absolute Gasteiger partial charge is 0.255 e. The standard InChI is InChI=1S/C18H23N3O/c19-12-14-3-1-4-16(11-14)15-6-9-21(10-7-15)18(22)17-5-2-8-20-13-17/h1,3-5,11,13,15H,2,6-10,12,19H2. The Morgan fingerprint density at radius 2 is 2.14 bits per heavy atom. The van der Waals surface area contributed by atoms with E-state index >= 15 is 0 Å². The van der Waals surface area contributed by atoms with Crippen LogP contribution in [-0.4, -0.2) is 36.7 Å². The van der Waals surface area contributed by atoms with Gasteiger partial charge >= 0.3 is 0 Å². The number of hydrogen-bond acceptors (Lipinski definition) is 3. The molecule has 22 heavy (non-hydrogen) atoms. The molecular weight excluding hydrogens is 274 g/mol. The van der Waals surface area contributed by atoms with Gasteiger partial charge in [0, 0.05) is 32.4 Å². The van der Waals surface area contributed by atoms with Gasteiger partial charge in [0.1, 0.15) is 0 Å². The van der Waals surface area contributed by atoms with Crippen LogP contribution in [0.25, 0.3) is 0 Å². The Bertz CT molecular complexity index is 598. The van der Waals surface area contributed by atoms with Crippen molar-refractivity contribution in [2.24, 2.45) is 10.7 Å². The van der Waals surface area contributed by atoms with Crippen LogP contribution >= 0.6 is 0 Å². The molecule has 1 aromatic rings. The minimum absolute atomic E-state index is 0.137. The van der Waals surface area contributed by atoms with Crippen molar-refractivity contribution in [3.8, 4) is 0 Å². The number of aliphatic imine (C=N–C) groups is 1. The lowest BCUT2D eigenvalue weighted by Crippen LogP contribution is -2.39. The molecule has 2 aliphatic heterocycles. The van der Waals surface area contributed by atoms with Gasteiger partial charge in [-0.15, -0.1) is 0 Å². The highest BCUT2D eigenvalue weighted by atomic mass is 16.2. The van der Waals surface area contributed by atoms with Crippen LogP contribution in [-0.2, 0) is 11.3 Å². The summed E-state index contributed by atoms with van der Waals surface area (Å²) in [5.41, 5.74) is 9.02. The predicted molar refractivity (Wildman–Crippen MR) is 88.9 cm³/mol. The summed E-state index contributed by atoms with van der Waals surface area (Å²) in [7, 11) is 0. The Hall–Kier alpha value is -1.94. The third-order valence-electron chi connectivity index (χ3n) is 4.54. The number of piperidine rings is 1. The van der Waals surface area contributed by atoms with Gasteiger partial charge < -0.3 is 10.6 Å². The lowest BCUT2D eigenvalue weighted by molar-refractivity contribution is -0.127. The second-order valence-electron chi connectivity index (χ2n) is 6.00. The fourth-order valence-corrected chi connectivity index (χ4v) is 3.23. The van der Waals surface area contributed by atoms with Crippen molar-refractivity contribution in [3.05, 3.63) is 47.0 Å². The Kier molecular flexibility index (Phi) is 4.68. The maximum absolute atomic E-state index is 12.4. The van der Waals surface area contributed by atoms with Crippen molar-refractivity contribution in [1.29, 1.82) is 0 Å². The van der Waals surface area contributed by atoms with Crippen molar-refractivity contribution < 1.29 is 4.79 Å². The van der Waals surface area contributed by atoms with Crippen molar-refractivity contribution in [2.45, 2.75) is 31.7 Å². The number of carbonyl (C=O) groups excluding carboxylic acids is 1. The van der Waals surface area contributed by atoms with E-state index in [0.717, 1.165) is 44.5 Å². The van der Waals surface area contributed by atoms with Crippen LogP contribution in [0.2, 0.25) is 0 Å². The Balaban J connectivity index is 1.61. The van der Waals surface area contributed by atoms with Gasteiger partial charge in [0.15, 0.2) is 0 Å². The van der Waals surface area contributed by atoms with Crippen molar-refractivity contribution in [1.82, 2.24) is 4.90 Å². The van der Waals surface area contributed by atoms with Crippen LogP contribution in [0.5, 0.6) is 0 Å². The number of carbonyl (C=O) groups is 1. The summed E-state index contributed by atoms with van der Waals surface area (Å²) < 4.78 is 0. The molecule has 4 heteroatoms. The summed E-state index contributed by atoms with van der Waals surface area (Å²) in [6.07, 6.45) is 6.64. The van der Waals surface area contributed by atoms with E-state index in [2.05, 4.69) is 29.3 Å². The van der Waals surface area contributed by atoms with Gasteiger partial charge in [-0.25, -0.2) is 0 Å². The number of nitrogens with zero attached hydrogens (tertiary/aromatic N) is 2. The van der Waals surface area contributed by atoms with Crippen LogP contribution in [0.3, 0.4) is 0 Å². The van der Waals surface area contributed by atoms with E-state index in [1.165, 1.54) is 11.1 Å². The monoisotopic (exact) mass is 297 g/mol. The largest absolute Gasteiger partial charge is 0.339 e. The van der Waals surface area contributed by atoms with Gasteiger partial charge in [0.25, 0.3) is 5.91 Å².